The molecule has 0 aliphatic carbocycles. The maximum atomic E-state index is 5.79. The summed E-state index contributed by atoms with van der Waals surface area (Å²) in [5.74, 6) is 2.42. The number of rotatable bonds is 4. The van der Waals surface area contributed by atoms with E-state index in [9.17, 15) is 0 Å². The molecule has 0 unspecified atom stereocenters. The zero-order chi connectivity index (χ0) is 19.1. The molecular formula is C21H20N6O. The van der Waals surface area contributed by atoms with E-state index < -0.39 is 0 Å². The molecule has 1 aliphatic heterocycles. The Kier molecular flexibility index (Phi) is 3.93. The summed E-state index contributed by atoms with van der Waals surface area (Å²) < 4.78 is 7.56. The molecule has 3 aromatic heterocycles. The zero-order valence-corrected chi connectivity index (χ0v) is 15.8. The van der Waals surface area contributed by atoms with Gasteiger partial charge in [-0.1, -0.05) is 12.1 Å². The number of hydrogen-bond donors (Lipinski definition) is 1. The van der Waals surface area contributed by atoms with E-state index in [1.807, 2.05) is 19.2 Å². The molecule has 0 saturated carbocycles. The highest BCUT2D eigenvalue weighted by Gasteiger charge is 2.19. The smallest absolute Gasteiger partial charge is 0.164 e. The van der Waals surface area contributed by atoms with Crippen LogP contribution in [-0.4, -0.2) is 30.8 Å². The Hall–Kier alpha value is -3.48. The van der Waals surface area contributed by atoms with Gasteiger partial charge in [-0.25, -0.2) is 9.97 Å². The minimum Gasteiger partial charge on any atom is -0.490 e. The van der Waals surface area contributed by atoms with Gasteiger partial charge in [0.1, 0.15) is 17.7 Å². The van der Waals surface area contributed by atoms with Crippen LogP contribution < -0.4 is 10.1 Å². The summed E-state index contributed by atoms with van der Waals surface area (Å²) in [7, 11) is 1.89. The SMILES string of the molecule is C[C@@H]1Cc2cc(CNc3nc(-c4ccncc4)nc4c3cnn4C)ccc2O1. The van der Waals surface area contributed by atoms with Gasteiger partial charge in [-0.3, -0.25) is 9.67 Å². The van der Waals surface area contributed by atoms with Crippen molar-refractivity contribution in [1.82, 2.24) is 24.7 Å². The number of fused-ring (bicyclic) bond motifs is 2. The molecule has 1 aliphatic rings. The first-order chi connectivity index (χ1) is 13.7. The first-order valence-electron chi connectivity index (χ1n) is 9.30. The maximum Gasteiger partial charge on any atom is 0.164 e. The second-order valence-electron chi connectivity index (χ2n) is 7.07. The molecule has 1 atom stereocenters. The van der Waals surface area contributed by atoms with Crippen LogP contribution >= 0.6 is 0 Å². The van der Waals surface area contributed by atoms with Gasteiger partial charge in [0.25, 0.3) is 0 Å². The van der Waals surface area contributed by atoms with E-state index >= 15 is 0 Å². The van der Waals surface area contributed by atoms with Crippen LogP contribution in [0.15, 0.2) is 48.9 Å². The average Bonchev–Trinajstić information content (AvgIpc) is 3.28. The lowest BCUT2D eigenvalue weighted by molar-refractivity contribution is 0.254. The van der Waals surface area contributed by atoms with Gasteiger partial charge in [0, 0.05) is 38.0 Å². The molecule has 1 aromatic carbocycles. The molecule has 0 fully saturated rings. The highest BCUT2D eigenvalue weighted by molar-refractivity contribution is 5.88. The van der Waals surface area contributed by atoms with Crippen molar-refractivity contribution in [2.24, 2.45) is 7.05 Å². The van der Waals surface area contributed by atoms with Crippen molar-refractivity contribution in [3.63, 3.8) is 0 Å². The van der Waals surface area contributed by atoms with Crippen LogP contribution in [0.5, 0.6) is 5.75 Å². The van der Waals surface area contributed by atoms with Crippen molar-refractivity contribution in [3.8, 4) is 17.1 Å². The van der Waals surface area contributed by atoms with Crippen LogP contribution in [0.2, 0.25) is 0 Å². The minimum absolute atomic E-state index is 0.248. The van der Waals surface area contributed by atoms with Gasteiger partial charge in [0.05, 0.1) is 11.6 Å². The highest BCUT2D eigenvalue weighted by Crippen LogP contribution is 2.30. The third kappa shape index (κ3) is 2.94. The first-order valence-corrected chi connectivity index (χ1v) is 9.30. The molecular weight excluding hydrogens is 352 g/mol. The fourth-order valence-electron chi connectivity index (χ4n) is 3.56. The third-order valence-corrected chi connectivity index (χ3v) is 4.95. The first kappa shape index (κ1) is 16.7. The summed E-state index contributed by atoms with van der Waals surface area (Å²) in [6.45, 7) is 2.76. The third-order valence-electron chi connectivity index (χ3n) is 4.95. The van der Waals surface area contributed by atoms with Gasteiger partial charge in [-0.05, 0) is 36.2 Å². The van der Waals surface area contributed by atoms with Gasteiger partial charge < -0.3 is 10.1 Å². The van der Waals surface area contributed by atoms with E-state index in [1.165, 1.54) is 11.1 Å². The lowest BCUT2D eigenvalue weighted by Crippen LogP contribution is -2.05. The summed E-state index contributed by atoms with van der Waals surface area (Å²) in [5, 5.41) is 8.72. The number of aromatic nitrogens is 5. The normalized spacial score (nSPS) is 15.4. The van der Waals surface area contributed by atoms with Crippen molar-refractivity contribution < 1.29 is 4.74 Å². The lowest BCUT2D eigenvalue weighted by Gasteiger charge is -2.10. The van der Waals surface area contributed by atoms with Crippen molar-refractivity contribution in [2.75, 3.05) is 5.32 Å². The molecule has 0 radical (unpaired) electrons. The molecule has 4 heterocycles. The van der Waals surface area contributed by atoms with Crippen LogP contribution in [0.1, 0.15) is 18.1 Å². The van der Waals surface area contributed by atoms with Gasteiger partial charge in [-0.2, -0.15) is 5.10 Å². The van der Waals surface area contributed by atoms with Crippen LogP contribution in [0.3, 0.4) is 0 Å². The zero-order valence-electron chi connectivity index (χ0n) is 15.8. The van der Waals surface area contributed by atoms with Crippen molar-refractivity contribution >= 4 is 16.9 Å². The summed E-state index contributed by atoms with van der Waals surface area (Å²) in [4.78, 5) is 13.5. The van der Waals surface area contributed by atoms with Gasteiger partial charge >= 0.3 is 0 Å². The molecule has 0 bridgehead atoms. The number of pyridine rings is 1. The Balaban J connectivity index is 1.48. The van der Waals surface area contributed by atoms with Gasteiger partial charge in [0.2, 0.25) is 0 Å². The molecule has 4 aromatic rings. The molecule has 7 nitrogen and oxygen atoms in total. The topological polar surface area (TPSA) is 77.8 Å². The van der Waals surface area contributed by atoms with Crippen LogP contribution in [0.25, 0.3) is 22.4 Å². The Morgan fingerprint density at radius 3 is 2.89 bits per heavy atom. The molecule has 28 heavy (non-hydrogen) atoms. The quantitative estimate of drug-likeness (QED) is 0.592. The molecule has 1 N–H and O–H groups in total. The highest BCUT2D eigenvalue weighted by atomic mass is 16.5. The molecule has 5 rings (SSSR count). The van der Waals surface area contributed by atoms with Crippen molar-refractivity contribution in [3.05, 3.63) is 60.0 Å². The van der Waals surface area contributed by atoms with E-state index in [0.29, 0.717) is 12.4 Å². The fraction of sp³-hybridized carbons (Fsp3) is 0.238. The van der Waals surface area contributed by atoms with Crippen LogP contribution in [-0.2, 0) is 20.0 Å². The van der Waals surface area contributed by atoms with Crippen molar-refractivity contribution in [1.29, 1.82) is 0 Å². The van der Waals surface area contributed by atoms with E-state index in [0.717, 1.165) is 34.6 Å². The number of nitrogens with one attached hydrogen (secondary N) is 1. The Morgan fingerprint density at radius 2 is 2.04 bits per heavy atom. The summed E-state index contributed by atoms with van der Waals surface area (Å²) in [6, 6.07) is 10.2. The Bertz CT molecular complexity index is 1150. The van der Waals surface area contributed by atoms with Gasteiger partial charge in [0.15, 0.2) is 11.5 Å². The summed E-state index contributed by atoms with van der Waals surface area (Å²) >= 11 is 0. The minimum atomic E-state index is 0.248. The van der Waals surface area contributed by atoms with Crippen LogP contribution in [0.4, 0.5) is 5.82 Å². The summed E-state index contributed by atoms with van der Waals surface area (Å²) in [5.41, 5.74) is 4.17. The molecule has 0 spiro atoms. The average molecular weight is 372 g/mol. The van der Waals surface area contributed by atoms with E-state index in [2.05, 4.69) is 45.5 Å². The van der Waals surface area contributed by atoms with Gasteiger partial charge in [-0.15, -0.1) is 0 Å². The lowest BCUT2D eigenvalue weighted by atomic mass is 10.1. The van der Waals surface area contributed by atoms with Crippen molar-refractivity contribution in [2.45, 2.75) is 26.0 Å². The Morgan fingerprint density at radius 1 is 1.18 bits per heavy atom. The second-order valence-corrected chi connectivity index (χ2v) is 7.07. The molecule has 0 saturated heterocycles. The molecule has 7 heteroatoms. The number of nitrogens with zero attached hydrogens (tertiary/aromatic N) is 5. The number of benzene rings is 1. The molecule has 140 valence electrons. The Labute approximate surface area is 162 Å². The predicted octanol–water partition coefficient (Wildman–Crippen LogP) is 3.36. The summed E-state index contributed by atoms with van der Waals surface area (Å²) in [6.07, 6.45) is 6.49. The number of aryl methyl sites for hydroxylation is 1. The van der Waals surface area contributed by atoms with E-state index in [4.69, 9.17) is 9.72 Å². The van der Waals surface area contributed by atoms with E-state index in [1.54, 1.807) is 23.3 Å². The largest absolute Gasteiger partial charge is 0.490 e. The molecule has 0 amide bonds. The van der Waals surface area contributed by atoms with E-state index in [-0.39, 0.29) is 6.10 Å². The number of ether oxygens (including phenoxy) is 1. The maximum absolute atomic E-state index is 5.79. The number of hydrogen-bond acceptors (Lipinski definition) is 6. The monoisotopic (exact) mass is 372 g/mol. The number of anilines is 1. The predicted molar refractivity (Wildman–Crippen MR) is 107 cm³/mol. The second kappa shape index (κ2) is 6.60. The van der Waals surface area contributed by atoms with Crippen LogP contribution in [0, 0.1) is 0 Å². The standard InChI is InChI=1S/C21H20N6O/c1-13-9-16-10-14(3-4-18(16)28-13)11-23-20-17-12-24-27(2)21(17)26-19(25-20)15-5-7-22-8-6-15/h3-8,10,12-13H,9,11H2,1-2H3,(H,23,25,26)/t13-/m1/s1. The fourth-order valence-corrected chi connectivity index (χ4v) is 3.56.